The molecule has 0 aliphatic rings. The Hall–Kier alpha value is -1.65. The molecule has 0 fully saturated rings. The molecule has 2 rings (SSSR count). The van der Waals surface area contributed by atoms with Gasteiger partial charge < -0.3 is 5.32 Å². The van der Waals surface area contributed by atoms with E-state index in [0.29, 0.717) is 6.54 Å². The van der Waals surface area contributed by atoms with Crippen molar-refractivity contribution >= 4 is 27.5 Å². The molecule has 21 heavy (non-hydrogen) atoms. The van der Waals surface area contributed by atoms with Crippen LogP contribution >= 0.6 is 15.9 Å². The van der Waals surface area contributed by atoms with E-state index < -0.39 is 0 Å². The molecule has 0 saturated carbocycles. The topological polar surface area (TPSA) is 32.3 Å². The van der Waals surface area contributed by atoms with Gasteiger partial charge in [-0.1, -0.05) is 49.4 Å². The molecule has 0 radical (unpaired) electrons. The summed E-state index contributed by atoms with van der Waals surface area (Å²) in [5.74, 6) is -0.000295. The second-order valence-corrected chi connectivity index (χ2v) is 5.67. The van der Waals surface area contributed by atoms with Gasteiger partial charge in [0, 0.05) is 11.0 Å². The molecule has 0 saturated heterocycles. The van der Waals surface area contributed by atoms with Gasteiger partial charge in [0.05, 0.1) is 12.2 Å². The number of likely N-dealkylation sites (N-methyl/N-ethyl adjacent to an activating group) is 1. The minimum Gasteiger partial charge on any atom is -0.324 e. The fourth-order valence-electron chi connectivity index (χ4n) is 2.08. The molecule has 0 atom stereocenters. The molecular weight excluding hydrogens is 328 g/mol. The maximum absolute atomic E-state index is 12.2. The molecule has 4 heteroatoms. The average Bonchev–Trinajstić information content (AvgIpc) is 2.50. The van der Waals surface area contributed by atoms with Crippen LogP contribution in [0.1, 0.15) is 12.5 Å². The van der Waals surface area contributed by atoms with E-state index in [2.05, 4.69) is 45.2 Å². The molecule has 0 aromatic heterocycles. The quantitative estimate of drug-likeness (QED) is 0.859. The van der Waals surface area contributed by atoms with Gasteiger partial charge in [0.15, 0.2) is 0 Å². The Labute approximate surface area is 134 Å². The zero-order chi connectivity index (χ0) is 15.1. The number of rotatable bonds is 6. The van der Waals surface area contributed by atoms with Gasteiger partial charge in [-0.3, -0.25) is 9.69 Å². The summed E-state index contributed by atoms with van der Waals surface area (Å²) < 4.78 is 0.893. The van der Waals surface area contributed by atoms with Gasteiger partial charge in [0.25, 0.3) is 0 Å². The third-order valence-corrected chi connectivity index (χ3v) is 3.90. The summed E-state index contributed by atoms with van der Waals surface area (Å²) in [5, 5.41) is 2.93. The number of halogens is 1. The average molecular weight is 347 g/mol. The summed E-state index contributed by atoms with van der Waals surface area (Å²) in [6, 6.07) is 17.8. The number of hydrogen-bond donors (Lipinski definition) is 1. The molecule has 2 aromatic carbocycles. The lowest BCUT2D eigenvalue weighted by Crippen LogP contribution is -2.32. The standard InChI is InChI=1S/C17H19BrN2O/c1-2-20(12-14-8-4-3-5-9-14)13-17(21)19-16-11-7-6-10-15(16)18/h3-11H,2,12-13H2,1H3,(H,19,21). The molecule has 0 bridgehead atoms. The molecule has 3 nitrogen and oxygen atoms in total. The molecule has 0 aliphatic carbocycles. The van der Waals surface area contributed by atoms with Crippen LogP contribution in [0.25, 0.3) is 0 Å². The minimum atomic E-state index is -0.000295. The van der Waals surface area contributed by atoms with Crippen molar-refractivity contribution in [3.8, 4) is 0 Å². The van der Waals surface area contributed by atoms with Gasteiger partial charge in [-0.25, -0.2) is 0 Å². The smallest absolute Gasteiger partial charge is 0.238 e. The van der Waals surface area contributed by atoms with E-state index in [1.165, 1.54) is 5.56 Å². The molecule has 1 N–H and O–H groups in total. The number of amides is 1. The largest absolute Gasteiger partial charge is 0.324 e. The monoisotopic (exact) mass is 346 g/mol. The Morgan fingerprint density at radius 2 is 1.76 bits per heavy atom. The Bertz CT molecular complexity index is 586. The maximum Gasteiger partial charge on any atom is 0.238 e. The highest BCUT2D eigenvalue weighted by molar-refractivity contribution is 9.10. The molecule has 0 unspecified atom stereocenters. The van der Waals surface area contributed by atoms with Crippen LogP contribution in [0.5, 0.6) is 0 Å². The number of nitrogens with zero attached hydrogens (tertiary/aromatic N) is 1. The van der Waals surface area contributed by atoms with Crippen LogP contribution in [0.2, 0.25) is 0 Å². The molecular formula is C17H19BrN2O. The van der Waals surface area contributed by atoms with Crippen LogP contribution in [-0.2, 0) is 11.3 Å². The van der Waals surface area contributed by atoms with Crippen LogP contribution in [0.4, 0.5) is 5.69 Å². The van der Waals surface area contributed by atoms with E-state index in [4.69, 9.17) is 0 Å². The van der Waals surface area contributed by atoms with Crippen molar-refractivity contribution in [3.05, 3.63) is 64.6 Å². The summed E-state index contributed by atoms with van der Waals surface area (Å²) in [5.41, 5.74) is 2.02. The number of para-hydroxylation sites is 1. The lowest BCUT2D eigenvalue weighted by atomic mass is 10.2. The van der Waals surface area contributed by atoms with E-state index in [1.54, 1.807) is 0 Å². The van der Waals surface area contributed by atoms with Crippen molar-refractivity contribution in [1.29, 1.82) is 0 Å². The molecule has 1 amide bonds. The first-order valence-electron chi connectivity index (χ1n) is 6.99. The SMILES string of the molecule is CCN(CC(=O)Nc1ccccc1Br)Cc1ccccc1. The number of hydrogen-bond acceptors (Lipinski definition) is 2. The van der Waals surface area contributed by atoms with Gasteiger partial charge >= 0.3 is 0 Å². The van der Waals surface area contributed by atoms with Crippen molar-refractivity contribution in [1.82, 2.24) is 4.90 Å². The highest BCUT2D eigenvalue weighted by atomic mass is 79.9. The lowest BCUT2D eigenvalue weighted by Gasteiger charge is -2.20. The fraction of sp³-hybridized carbons (Fsp3) is 0.235. The number of carbonyl (C=O) groups excluding carboxylic acids is 1. The summed E-state index contributed by atoms with van der Waals surface area (Å²) in [6.07, 6.45) is 0. The third kappa shape index (κ3) is 4.99. The predicted octanol–water partition coefficient (Wildman–Crippen LogP) is 3.91. The van der Waals surface area contributed by atoms with Crippen LogP contribution in [0, 0.1) is 0 Å². The van der Waals surface area contributed by atoms with E-state index in [-0.39, 0.29) is 5.91 Å². The van der Waals surface area contributed by atoms with E-state index in [9.17, 15) is 4.79 Å². The zero-order valence-corrected chi connectivity index (χ0v) is 13.6. The number of nitrogens with one attached hydrogen (secondary N) is 1. The van der Waals surface area contributed by atoms with Crippen molar-refractivity contribution in [3.63, 3.8) is 0 Å². The molecule has 110 valence electrons. The van der Waals surface area contributed by atoms with Crippen LogP contribution in [0.3, 0.4) is 0 Å². The first kappa shape index (κ1) is 15.7. The van der Waals surface area contributed by atoms with Gasteiger partial charge in [-0.2, -0.15) is 0 Å². The van der Waals surface area contributed by atoms with Gasteiger partial charge in [0.2, 0.25) is 5.91 Å². The first-order valence-corrected chi connectivity index (χ1v) is 7.79. The molecule has 0 spiro atoms. The fourth-order valence-corrected chi connectivity index (χ4v) is 2.46. The van der Waals surface area contributed by atoms with Gasteiger partial charge in [0.1, 0.15) is 0 Å². The zero-order valence-electron chi connectivity index (χ0n) is 12.1. The second kappa shape index (κ2) is 7.96. The summed E-state index contributed by atoms with van der Waals surface area (Å²) >= 11 is 3.43. The molecule has 0 heterocycles. The molecule has 0 aliphatic heterocycles. The summed E-state index contributed by atoms with van der Waals surface area (Å²) in [7, 11) is 0. The maximum atomic E-state index is 12.2. The Morgan fingerprint density at radius 3 is 2.43 bits per heavy atom. The van der Waals surface area contributed by atoms with Crippen molar-refractivity contribution in [2.24, 2.45) is 0 Å². The molecule has 2 aromatic rings. The van der Waals surface area contributed by atoms with E-state index >= 15 is 0 Å². The number of carbonyl (C=O) groups is 1. The van der Waals surface area contributed by atoms with Crippen LogP contribution < -0.4 is 5.32 Å². The minimum absolute atomic E-state index is 0.000295. The summed E-state index contributed by atoms with van der Waals surface area (Å²) in [6.45, 7) is 4.06. The Kier molecular flexibility index (Phi) is 5.96. The number of anilines is 1. The van der Waals surface area contributed by atoms with Gasteiger partial charge in [-0.15, -0.1) is 0 Å². The second-order valence-electron chi connectivity index (χ2n) is 4.82. The van der Waals surface area contributed by atoms with Crippen LogP contribution in [-0.4, -0.2) is 23.9 Å². The third-order valence-electron chi connectivity index (χ3n) is 3.21. The Morgan fingerprint density at radius 1 is 1.10 bits per heavy atom. The van der Waals surface area contributed by atoms with Crippen molar-refractivity contribution < 1.29 is 4.79 Å². The highest BCUT2D eigenvalue weighted by Gasteiger charge is 2.10. The van der Waals surface area contributed by atoms with Crippen LogP contribution in [0.15, 0.2) is 59.1 Å². The summed E-state index contributed by atoms with van der Waals surface area (Å²) in [4.78, 5) is 14.3. The first-order chi connectivity index (χ1) is 10.2. The van der Waals surface area contributed by atoms with Crippen molar-refractivity contribution in [2.75, 3.05) is 18.4 Å². The number of benzene rings is 2. The predicted molar refractivity (Wildman–Crippen MR) is 90.2 cm³/mol. The van der Waals surface area contributed by atoms with E-state index in [1.807, 2.05) is 42.5 Å². The highest BCUT2D eigenvalue weighted by Crippen LogP contribution is 2.21. The Balaban J connectivity index is 1.92. The lowest BCUT2D eigenvalue weighted by molar-refractivity contribution is -0.117. The van der Waals surface area contributed by atoms with Crippen molar-refractivity contribution in [2.45, 2.75) is 13.5 Å². The van der Waals surface area contributed by atoms with Gasteiger partial charge in [-0.05, 0) is 40.2 Å². The van der Waals surface area contributed by atoms with E-state index in [0.717, 1.165) is 23.2 Å². The normalized spacial score (nSPS) is 10.6.